The third-order valence-corrected chi connectivity index (χ3v) is 5.92. The third kappa shape index (κ3) is 4.45. The molecular weight excluding hydrogens is 318 g/mol. The summed E-state index contributed by atoms with van der Waals surface area (Å²) in [5.74, 6) is -1.12. The van der Waals surface area contributed by atoms with E-state index in [1.54, 1.807) is 0 Å². The van der Waals surface area contributed by atoms with E-state index in [0.29, 0.717) is 5.69 Å². The van der Waals surface area contributed by atoms with E-state index in [0.717, 1.165) is 19.3 Å². The van der Waals surface area contributed by atoms with Gasteiger partial charge in [0.2, 0.25) is 10.0 Å². The zero-order valence-electron chi connectivity index (χ0n) is 13.7. The molecule has 23 heavy (non-hydrogen) atoms. The summed E-state index contributed by atoms with van der Waals surface area (Å²) in [6.07, 6.45) is 2.29. The predicted octanol–water partition coefficient (Wildman–Crippen LogP) is 2.50. The van der Waals surface area contributed by atoms with Crippen molar-refractivity contribution in [1.82, 2.24) is 0 Å². The van der Waals surface area contributed by atoms with Crippen molar-refractivity contribution >= 4 is 21.7 Å². The highest BCUT2D eigenvalue weighted by atomic mass is 32.2. The summed E-state index contributed by atoms with van der Waals surface area (Å²) in [6, 6.07) is 5.77. The second-order valence-corrected chi connectivity index (χ2v) is 8.53. The molecule has 0 amide bonds. The molecule has 0 aliphatic carbocycles. The van der Waals surface area contributed by atoms with Gasteiger partial charge in [0.1, 0.15) is 0 Å². The average Bonchev–Trinajstić information content (AvgIpc) is 2.45. The lowest BCUT2D eigenvalue weighted by Crippen LogP contribution is -2.42. The van der Waals surface area contributed by atoms with Crippen molar-refractivity contribution in [2.75, 3.05) is 17.1 Å². The Morgan fingerprint density at radius 1 is 1.35 bits per heavy atom. The molecule has 1 heterocycles. The quantitative estimate of drug-likeness (QED) is 0.889. The van der Waals surface area contributed by atoms with Crippen molar-refractivity contribution in [3.05, 3.63) is 29.8 Å². The Morgan fingerprint density at radius 3 is 2.48 bits per heavy atom. The molecule has 0 aromatic heterocycles. The van der Waals surface area contributed by atoms with Crippen molar-refractivity contribution < 1.29 is 23.1 Å². The number of ether oxygens (including phenoxy) is 1. The van der Waals surface area contributed by atoms with Crippen LogP contribution in [-0.2, 0) is 14.8 Å². The third-order valence-electron chi connectivity index (χ3n) is 4.08. The first-order chi connectivity index (χ1) is 10.6. The van der Waals surface area contributed by atoms with Gasteiger partial charge in [0, 0.05) is 7.05 Å². The highest BCUT2D eigenvalue weighted by molar-refractivity contribution is 7.92. The number of carbonyl (C=O) groups is 1. The number of sulfonamides is 1. The van der Waals surface area contributed by atoms with Gasteiger partial charge in [-0.05, 0) is 57.4 Å². The van der Waals surface area contributed by atoms with Crippen LogP contribution >= 0.6 is 0 Å². The highest BCUT2D eigenvalue weighted by Crippen LogP contribution is 2.29. The van der Waals surface area contributed by atoms with Crippen molar-refractivity contribution in [3.63, 3.8) is 0 Å². The van der Waals surface area contributed by atoms with Crippen molar-refractivity contribution in [2.24, 2.45) is 0 Å². The first-order valence-electron chi connectivity index (χ1n) is 7.58. The molecule has 1 N–H and O–H groups in total. The first kappa shape index (κ1) is 17.7. The lowest BCUT2D eigenvalue weighted by Gasteiger charge is -2.36. The zero-order chi connectivity index (χ0) is 17.3. The van der Waals surface area contributed by atoms with Crippen LogP contribution in [-0.4, -0.2) is 44.0 Å². The number of hydrogen-bond donors (Lipinski definition) is 1. The van der Waals surface area contributed by atoms with Gasteiger partial charge in [-0.2, -0.15) is 0 Å². The molecule has 7 heteroatoms. The summed E-state index contributed by atoms with van der Waals surface area (Å²) in [5.41, 5.74) is 0.266. The average molecular weight is 341 g/mol. The number of carboxylic acids is 1. The molecule has 1 atom stereocenters. The van der Waals surface area contributed by atoms with E-state index in [1.807, 2.05) is 13.8 Å². The molecular formula is C16H23NO5S. The SMILES string of the molecule is CN(c1ccc(C(=O)O)cc1)S(=O)(=O)CC1CCCC(C)(C)O1. The van der Waals surface area contributed by atoms with E-state index >= 15 is 0 Å². The fraction of sp³-hybridized carbons (Fsp3) is 0.562. The molecule has 0 radical (unpaired) electrons. The fourth-order valence-corrected chi connectivity index (χ4v) is 4.13. The van der Waals surface area contributed by atoms with Gasteiger partial charge < -0.3 is 9.84 Å². The van der Waals surface area contributed by atoms with Crippen LogP contribution in [0.5, 0.6) is 0 Å². The molecule has 1 aliphatic heterocycles. The van der Waals surface area contributed by atoms with Crippen LogP contribution in [0, 0.1) is 0 Å². The van der Waals surface area contributed by atoms with Gasteiger partial charge in [0.25, 0.3) is 0 Å². The van der Waals surface area contributed by atoms with Gasteiger partial charge in [-0.15, -0.1) is 0 Å². The molecule has 0 spiro atoms. The molecule has 1 unspecified atom stereocenters. The van der Waals surface area contributed by atoms with E-state index < -0.39 is 16.0 Å². The van der Waals surface area contributed by atoms with Gasteiger partial charge in [0.05, 0.1) is 28.7 Å². The number of benzene rings is 1. The summed E-state index contributed by atoms with van der Waals surface area (Å²) in [6.45, 7) is 3.94. The van der Waals surface area contributed by atoms with E-state index in [4.69, 9.17) is 9.84 Å². The van der Waals surface area contributed by atoms with Crippen molar-refractivity contribution in [3.8, 4) is 0 Å². The lowest BCUT2D eigenvalue weighted by atomic mass is 9.96. The number of rotatable bonds is 5. The Bertz CT molecular complexity index is 666. The van der Waals surface area contributed by atoms with E-state index in [-0.39, 0.29) is 23.0 Å². The van der Waals surface area contributed by atoms with Crippen LogP contribution in [0.3, 0.4) is 0 Å². The maximum absolute atomic E-state index is 12.6. The molecule has 1 saturated heterocycles. The minimum Gasteiger partial charge on any atom is -0.478 e. The van der Waals surface area contributed by atoms with Gasteiger partial charge >= 0.3 is 5.97 Å². The van der Waals surface area contributed by atoms with Crippen LogP contribution in [0.1, 0.15) is 43.5 Å². The molecule has 1 aromatic carbocycles. The zero-order valence-corrected chi connectivity index (χ0v) is 14.5. The van der Waals surface area contributed by atoms with Crippen molar-refractivity contribution in [1.29, 1.82) is 0 Å². The molecule has 2 rings (SSSR count). The summed E-state index contributed by atoms with van der Waals surface area (Å²) >= 11 is 0. The topological polar surface area (TPSA) is 83.9 Å². The van der Waals surface area contributed by atoms with E-state index in [1.165, 1.54) is 35.6 Å². The summed E-state index contributed by atoms with van der Waals surface area (Å²) < 4.78 is 32.2. The maximum Gasteiger partial charge on any atom is 0.335 e. The summed E-state index contributed by atoms with van der Waals surface area (Å²) in [4.78, 5) is 10.9. The second kappa shape index (κ2) is 6.49. The fourth-order valence-electron chi connectivity index (χ4n) is 2.76. The van der Waals surface area contributed by atoms with Gasteiger partial charge in [-0.3, -0.25) is 4.31 Å². The number of anilines is 1. The molecule has 0 bridgehead atoms. The molecule has 1 fully saturated rings. The largest absolute Gasteiger partial charge is 0.478 e. The first-order valence-corrected chi connectivity index (χ1v) is 9.19. The Balaban J connectivity index is 2.10. The predicted molar refractivity (Wildman–Crippen MR) is 88.4 cm³/mol. The Morgan fingerprint density at radius 2 is 1.96 bits per heavy atom. The van der Waals surface area contributed by atoms with Gasteiger partial charge in [-0.1, -0.05) is 0 Å². The number of carboxylic acid groups (broad SMARTS) is 1. The van der Waals surface area contributed by atoms with Crippen LogP contribution in [0.15, 0.2) is 24.3 Å². The molecule has 0 saturated carbocycles. The lowest BCUT2D eigenvalue weighted by molar-refractivity contribution is -0.0964. The van der Waals surface area contributed by atoms with Crippen molar-refractivity contribution in [2.45, 2.75) is 44.8 Å². The number of aromatic carboxylic acids is 1. The molecule has 128 valence electrons. The maximum atomic E-state index is 12.6. The molecule has 1 aromatic rings. The number of hydrogen-bond acceptors (Lipinski definition) is 4. The minimum absolute atomic E-state index is 0.0758. The molecule has 6 nitrogen and oxygen atoms in total. The Kier molecular flexibility index (Phi) is 5.01. The van der Waals surface area contributed by atoms with Gasteiger partial charge in [-0.25, -0.2) is 13.2 Å². The smallest absolute Gasteiger partial charge is 0.335 e. The van der Waals surface area contributed by atoms with E-state index in [2.05, 4.69) is 0 Å². The Hall–Kier alpha value is -1.60. The van der Waals surface area contributed by atoms with Gasteiger partial charge in [0.15, 0.2) is 0 Å². The second-order valence-electron chi connectivity index (χ2n) is 6.49. The monoisotopic (exact) mass is 341 g/mol. The Labute approximate surface area is 137 Å². The van der Waals surface area contributed by atoms with Crippen LogP contribution in [0.25, 0.3) is 0 Å². The standard InChI is InChI=1S/C16H23NO5S/c1-16(2)10-4-5-14(22-16)11-23(20,21)17(3)13-8-6-12(7-9-13)15(18)19/h6-9,14H,4-5,10-11H2,1-3H3,(H,18,19). The van der Waals surface area contributed by atoms with Crippen LogP contribution in [0.4, 0.5) is 5.69 Å². The van der Waals surface area contributed by atoms with Crippen LogP contribution < -0.4 is 4.31 Å². The normalized spacial score (nSPS) is 20.9. The number of nitrogens with zero attached hydrogens (tertiary/aromatic N) is 1. The summed E-state index contributed by atoms with van der Waals surface area (Å²) in [7, 11) is -2.06. The van der Waals surface area contributed by atoms with E-state index in [9.17, 15) is 13.2 Å². The summed E-state index contributed by atoms with van der Waals surface area (Å²) in [5, 5.41) is 8.89. The minimum atomic E-state index is -3.54. The van der Waals surface area contributed by atoms with Crippen LogP contribution in [0.2, 0.25) is 0 Å². The molecule has 1 aliphatic rings. The highest BCUT2D eigenvalue weighted by Gasteiger charge is 2.33.